The zero-order chi connectivity index (χ0) is 29.9. The molecule has 224 valence electrons. The minimum atomic E-state index is -0.495. The summed E-state index contributed by atoms with van der Waals surface area (Å²) in [6.45, 7) is 5.85. The molecule has 1 N–H and O–H groups in total. The highest BCUT2D eigenvalue weighted by Crippen LogP contribution is 2.34. The minimum Gasteiger partial charge on any atom is -0.490 e. The van der Waals surface area contributed by atoms with E-state index in [0.29, 0.717) is 79.6 Å². The first-order chi connectivity index (χ1) is 20.9. The second-order valence-corrected chi connectivity index (χ2v) is 10.9. The predicted molar refractivity (Wildman–Crippen MR) is 161 cm³/mol. The Morgan fingerprint density at radius 1 is 1.12 bits per heavy atom. The lowest BCUT2D eigenvalue weighted by molar-refractivity contribution is -0.131. The van der Waals surface area contributed by atoms with Gasteiger partial charge < -0.3 is 24.4 Å². The molecule has 0 spiro atoms. The van der Waals surface area contributed by atoms with Gasteiger partial charge in [-0.25, -0.2) is 9.37 Å². The third-order valence-corrected chi connectivity index (χ3v) is 8.14. The van der Waals surface area contributed by atoms with Gasteiger partial charge in [-0.3, -0.25) is 14.3 Å². The maximum Gasteiger partial charge on any atom is 0.270 e. The summed E-state index contributed by atoms with van der Waals surface area (Å²) >= 11 is 6.63. The molecule has 0 saturated carbocycles. The summed E-state index contributed by atoms with van der Waals surface area (Å²) in [5.41, 5.74) is 1.45. The van der Waals surface area contributed by atoms with Gasteiger partial charge in [0.2, 0.25) is 5.91 Å². The minimum absolute atomic E-state index is 0.0429. The summed E-state index contributed by atoms with van der Waals surface area (Å²) < 4.78 is 23.3. The van der Waals surface area contributed by atoms with Crippen molar-refractivity contribution in [3.63, 3.8) is 0 Å². The number of ether oxygens (including phenoxy) is 1. The number of aromatic amines is 1. The molecule has 2 amide bonds. The molecule has 3 aromatic heterocycles. The topological polar surface area (TPSA) is 112 Å². The van der Waals surface area contributed by atoms with Crippen molar-refractivity contribution in [1.29, 1.82) is 0 Å². The SMILES string of the molecule is CCOc1cccnc1N1CCN(C(=O)c2cc3c(Cl)cc(C4=CCCN(C(=O)CCn5ccnn5)C4)c(F)c3[nH]2)CC1. The average molecular weight is 607 g/mol. The van der Waals surface area contributed by atoms with Gasteiger partial charge in [0.25, 0.3) is 5.91 Å². The van der Waals surface area contributed by atoms with E-state index >= 15 is 4.39 Å². The number of carbonyl (C=O) groups excluding carboxylic acids is 2. The number of rotatable bonds is 8. The first-order valence-electron chi connectivity index (χ1n) is 14.4. The number of benzene rings is 1. The molecule has 2 aliphatic rings. The van der Waals surface area contributed by atoms with E-state index in [1.54, 1.807) is 45.2 Å². The highest BCUT2D eigenvalue weighted by molar-refractivity contribution is 6.36. The Morgan fingerprint density at radius 3 is 2.72 bits per heavy atom. The van der Waals surface area contributed by atoms with Crippen LogP contribution in [0, 0.1) is 5.82 Å². The van der Waals surface area contributed by atoms with Crippen molar-refractivity contribution in [2.24, 2.45) is 0 Å². The molecule has 1 saturated heterocycles. The zero-order valence-electron chi connectivity index (χ0n) is 23.8. The van der Waals surface area contributed by atoms with Crippen LogP contribution in [0.15, 0.2) is 48.9 Å². The van der Waals surface area contributed by atoms with Crippen LogP contribution >= 0.6 is 11.6 Å². The molecule has 1 aromatic carbocycles. The summed E-state index contributed by atoms with van der Waals surface area (Å²) in [6.07, 6.45) is 7.81. The van der Waals surface area contributed by atoms with Crippen LogP contribution in [-0.4, -0.2) is 92.5 Å². The maximum absolute atomic E-state index is 16.0. The summed E-state index contributed by atoms with van der Waals surface area (Å²) in [5.74, 6) is 0.716. The Kier molecular flexibility index (Phi) is 8.28. The number of pyridine rings is 1. The van der Waals surface area contributed by atoms with Gasteiger partial charge in [-0.2, -0.15) is 0 Å². The molecule has 13 heteroatoms. The van der Waals surface area contributed by atoms with E-state index in [-0.39, 0.29) is 36.0 Å². The van der Waals surface area contributed by atoms with Crippen molar-refractivity contribution in [2.75, 3.05) is 50.8 Å². The van der Waals surface area contributed by atoms with Gasteiger partial charge in [0, 0.05) is 69.0 Å². The molecule has 1 fully saturated rings. The fourth-order valence-corrected chi connectivity index (χ4v) is 5.88. The number of amides is 2. The van der Waals surface area contributed by atoms with Crippen LogP contribution in [0.4, 0.5) is 10.2 Å². The normalized spacial score (nSPS) is 15.6. The molecule has 43 heavy (non-hydrogen) atoms. The largest absolute Gasteiger partial charge is 0.490 e. The number of hydrogen-bond acceptors (Lipinski definition) is 7. The van der Waals surface area contributed by atoms with E-state index < -0.39 is 5.82 Å². The molecule has 0 unspecified atom stereocenters. The summed E-state index contributed by atoms with van der Waals surface area (Å²) in [4.78, 5) is 39.4. The third kappa shape index (κ3) is 5.92. The van der Waals surface area contributed by atoms with Crippen molar-refractivity contribution in [3.05, 3.63) is 71.0 Å². The van der Waals surface area contributed by atoms with Crippen molar-refractivity contribution in [1.82, 2.24) is 34.8 Å². The van der Waals surface area contributed by atoms with Crippen molar-refractivity contribution < 1.29 is 18.7 Å². The fourth-order valence-electron chi connectivity index (χ4n) is 5.62. The number of halogens is 2. The Labute approximate surface area is 252 Å². The number of aromatic nitrogens is 5. The first kappa shape index (κ1) is 28.7. The van der Waals surface area contributed by atoms with Gasteiger partial charge >= 0.3 is 0 Å². The number of nitrogens with zero attached hydrogens (tertiary/aromatic N) is 7. The molecule has 0 aliphatic carbocycles. The molecular formula is C30H32ClFN8O3. The van der Waals surface area contributed by atoms with Gasteiger partial charge in [0.15, 0.2) is 17.4 Å². The van der Waals surface area contributed by atoms with E-state index in [2.05, 4.69) is 25.2 Å². The van der Waals surface area contributed by atoms with Gasteiger partial charge in [-0.05, 0) is 43.2 Å². The van der Waals surface area contributed by atoms with Crippen LogP contribution in [0.25, 0.3) is 16.5 Å². The van der Waals surface area contributed by atoms with Gasteiger partial charge in [0.1, 0.15) is 5.69 Å². The number of piperazine rings is 1. The second-order valence-electron chi connectivity index (χ2n) is 10.5. The Bertz CT molecular complexity index is 1660. The maximum atomic E-state index is 16.0. The van der Waals surface area contributed by atoms with Crippen LogP contribution in [0.2, 0.25) is 5.02 Å². The Balaban J connectivity index is 1.15. The quantitative estimate of drug-likeness (QED) is 0.322. The Hall–Kier alpha value is -4.45. The lowest BCUT2D eigenvalue weighted by Crippen LogP contribution is -2.49. The van der Waals surface area contributed by atoms with E-state index in [0.717, 1.165) is 5.82 Å². The molecule has 0 bridgehead atoms. The van der Waals surface area contributed by atoms with E-state index in [9.17, 15) is 9.59 Å². The third-order valence-electron chi connectivity index (χ3n) is 7.83. The molecule has 11 nitrogen and oxygen atoms in total. The van der Waals surface area contributed by atoms with Crippen molar-refractivity contribution in [3.8, 4) is 5.75 Å². The standard InChI is InChI=1S/C30H32ClFN8O3/c1-2-43-25-6-3-8-33-29(25)37-13-15-38(16-14-37)30(42)24-18-22-23(31)17-21(27(32)28(22)35-24)20-5-4-10-39(19-20)26(41)7-11-40-12-9-34-36-40/h3,5-6,8-9,12,17-18,35H,2,4,7,10-11,13-16,19H2,1H3. The van der Waals surface area contributed by atoms with Crippen LogP contribution in [0.1, 0.15) is 35.8 Å². The number of nitrogens with one attached hydrogen (secondary N) is 1. The lowest BCUT2D eigenvalue weighted by atomic mass is 9.99. The molecule has 2 aliphatic heterocycles. The van der Waals surface area contributed by atoms with Gasteiger partial charge in [0.05, 0.1) is 29.9 Å². The zero-order valence-corrected chi connectivity index (χ0v) is 24.6. The summed E-state index contributed by atoms with van der Waals surface area (Å²) in [7, 11) is 0. The highest BCUT2D eigenvalue weighted by atomic mass is 35.5. The van der Waals surface area contributed by atoms with Gasteiger partial charge in [-0.1, -0.05) is 22.9 Å². The van der Waals surface area contributed by atoms with E-state index in [1.165, 1.54) is 0 Å². The fraction of sp³-hybridized carbons (Fsp3) is 0.367. The smallest absolute Gasteiger partial charge is 0.270 e. The molecule has 4 aromatic rings. The first-order valence-corrected chi connectivity index (χ1v) is 14.7. The van der Waals surface area contributed by atoms with Gasteiger partial charge in [-0.15, -0.1) is 5.10 Å². The predicted octanol–water partition coefficient (Wildman–Crippen LogP) is 4.01. The number of H-pyrrole nitrogens is 1. The molecule has 5 heterocycles. The molecule has 0 atom stereocenters. The van der Waals surface area contributed by atoms with Crippen molar-refractivity contribution >= 4 is 45.7 Å². The second kappa shape index (κ2) is 12.4. The lowest BCUT2D eigenvalue weighted by Gasteiger charge is -2.35. The number of fused-ring (bicyclic) bond motifs is 1. The summed E-state index contributed by atoms with van der Waals surface area (Å²) in [6, 6.07) is 6.92. The van der Waals surface area contributed by atoms with Crippen LogP contribution in [-0.2, 0) is 11.3 Å². The van der Waals surface area contributed by atoms with E-state index in [4.69, 9.17) is 16.3 Å². The monoisotopic (exact) mass is 606 g/mol. The molecule has 6 rings (SSSR count). The van der Waals surface area contributed by atoms with E-state index in [1.807, 2.05) is 25.1 Å². The average Bonchev–Trinajstić information content (AvgIpc) is 3.73. The van der Waals surface area contributed by atoms with Crippen molar-refractivity contribution in [2.45, 2.75) is 26.3 Å². The number of anilines is 1. The highest BCUT2D eigenvalue weighted by Gasteiger charge is 2.28. The van der Waals surface area contributed by atoms with Crippen LogP contribution < -0.4 is 9.64 Å². The Morgan fingerprint density at radius 2 is 1.95 bits per heavy atom. The molecule has 0 radical (unpaired) electrons. The number of aryl methyl sites for hydroxylation is 1. The number of carbonyl (C=O) groups is 2. The summed E-state index contributed by atoms with van der Waals surface area (Å²) in [5, 5.41) is 8.43. The van der Waals surface area contributed by atoms with Crippen LogP contribution in [0.3, 0.4) is 0 Å². The number of hydrogen-bond donors (Lipinski definition) is 1. The van der Waals surface area contributed by atoms with Crippen LogP contribution in [0.5, 0.6) is 5.75 Å². The molecular weight excluding hydrogens is 575 g/mol.